The van der Waals surface area contributed by atoms with Gasteiger partial charge >= 0.3 is 6.18 Å². The second kappa shape index (κ2) is 7.77. The van der Waals surface area contributed by atoms with Crippen LogP contribution in [0, 0.1) is 11.6 Å². The maximum atomic E-state index is 13.8. The molecule has 1 aromatic heterocycles. The topological polar surface area (TPSA) is 71.5 Å². The van der Waals surface area contributed by atoms with E-state index >= 15 is 0 Å². The Kier molecular flexibility index (Phi) is 5.23. The Labute approximate surface area is 178 Å². The van der Waals surface area contributed by atoms with Crippen LogP contribution in [0.1, 0.15) is 33.6 Å². The summed E-state index contributed by atoms with van der Waals surface area (Å²) in [6, 6.07) is 8.68. The minimum absolute atomic E-state index is 0.0944. The maximum absolute atomic E-state index is 13.8. The third-order valence-corrected chi connectivity index (χ3v) is 5.22. The van der Waals surface area contributed by atoms with E-state index in [1.165, 1.54) is 18.3 Å². The average Bonchev–Trinajstić information content (AvgIpc) is 2.76. The van der Waals surface area contributed by atoms with Crippen LogP contribution >= 0.6 is 0 Å². The molecule has 0 spiro atoms. The first-order chi connectivity index (χ1) is 15.1. The first kappa shape index (κ1) is 21.5. The molecular formula is C22H15F5N2O3. The molecule has 0 aliphatic carbocycles. The lowest BCUT2D eigenvalue weighted by Gasteiger charge is -2.39. The fourth-order valence-electron chi connectivity index (χ4n) is 3.64. The van der Waals surface area contributed by atoms with Crippen LogP contribution < -0.4 is 10.1 Å². The second-order valence-electron chi connectivity index (χ2n) is 7.17. The van der Waals surface area contributed by atoms with Gasteiger partial charge in [0.1, 0.15) is 17.0 Å². The number of nitrogens with one attached hydrogen (secondary N) is 1. The third-order valence-electron chi connectivity index (χ3n) is 5.22. The van der Waals surface area contributed by atoms with Crippen LogP contribution in [0.2, 0.25) is 0 Å². The van der Waals surface area contributed by atoms with E-state index in [1.807, 2.05) is 0 Å². The number of pyridine rings is 1. The highest BCUT2D eigenvalue weighted by Crippen LogP contribution is 2.41. The molecule has 2 N–H and O–H groups in total. The minimum atomic E-state index is -4.55. The summed E-state index contributed by atoms with van der Waals surface area (Å²) >= 11 is 0. The molecule has 10 heteroatoms. The molecule has 5 nitrogen and oxygen atoms in total. The van der Waals surface area contributed by atoms with Gasteiger partial charge < -0.3 is 15.2 Å². The zero-order valence-corrected chi connectivity index (χ0v) is 16.2. The smallest absolute Gasteiger partial charge is 0.416 e. The van der Waals surface area contributed by atoms with Gasteiger partial charge in [0.05, 0.1) is 12.2 Å². The van der Waals surface area contributed by atoms with Gasteiger partial charge in [0, 0.05) is 18.2 Å². The van der Waals surface area contributed by atoms with Crippen molar-refractivity contribution in [2.24, 2.45) is 0 Å². The maximum Gasteiger partial charge on any atom is 0.416 e. The molecule has 32 heavy (non-hydrogen) atoms. The van der Waals surface area contributed by atoms with Gasteiger partial charge in [0.2, 0.25) is 0 Å². The van der Waals surface area contributed by atoms with Gasteiger partial charge in [-0.1, -0.05) is 12.1 Å². The van der Waals surface area contributed by atoms with Crippen LogP contribution in [0.4, 0.5) is 22.0 Å². The Bertz CT molecular complexity index is 1160. The van der Waals surface area contributed by atoms with Crippen molar-refractivity contribution in [2.75, 3.05) is 6.61 Å². The molecular weight excluding hydrogens is 435 g/mol. The van der Waals surface area contributed by atoms with E-state index in [4.69, 9.17) is 4.74 Å². The second-order valence-corrected chi connectivity index (χ2v) is 7.17. The average molecular weight is 450 g/mol. The number of hydrogen-bond donors (Lipinski definition) is 2. The third kappa shape index (κ3) is 3.72. The van der Waals surface area contributed by atoms with Crippen LogP contribution in [0.3, 0.4) is 0 Å². The standard InChI is InChI=1S/C22H15F5N2O3/c23-15-10-12(11-16(24)18(15)30)20(31)29-21(7-9-32-17-2-1-8-28-19(17)21)13-3-5-14(6-4-13)22(25,26)27/h1-6,8,10-11,30H,7,9H2,(H,29,31)/t21-/m0/s1. The van der Waals surface area contributed by atoms with Crippen molar-refractivity contribution < 1.29 is 36.6 Å². The fourth-order valence-corrected chi connectivity index (χ4v) is 3.64. The molecule has 1 atom stereocenters. The number of phenolic OH excluding ortho intramolecular Hbond substituents is 1. The molecule has 0 bridgehead atoms. The zero-order chi connectivity index (χ0) is 23.1. The monoisotopic (exact) mass is 450 g/mol. The molecule has 1 aliphatic rings. The molecule has 3 aromatic rings. The first-order valence-corrected chi connectivity index (χ1v) is 9.38. The number of amides is 1. The van der Waals surface area contributed by atoms with Crippen LogP contribution in [-0.4, -0.2) is 22.6 Å². The van der Waals surface area contributed by atoms with Gasteiger partial charge in [-0.05, 0) is 42.0 Å². The number of aromatic nitrogens is 1. The zero-order valence-electron chi connectivity index (χ0n) is 16.2. The highest BCUT2D eigenvalue weighted by atomic mass is 19.4. The van der Waals surface area contributed by atoms with Gasteiger partial charge in [0.25, 0.3) is 5.91 Å². The van der Waals surface area contributed by atoms with Gasteiger partial charge in [0.15, 0.2) is 17.4 Å². The molecule has 0 saturated heterocycles. The van der Waals surface area contributed by atoms with Crippen LogP contribution in [-0.2, 0) is 11.7 Å². The van der Waals surface area contributed by atoms with Crippen LogP contribution in [0.15, 0.2) is 54.7 Å². The molecule has 0 unspecified atom stereocenters. The van der Waals surface area contributed by atoms with E-state index in [-0.39, 0.29) is 24.3 Å². The minimum Gasteiger partial charge on any atom is -0.503 e. The van der Waals surface area contributed by atoms with Crippen molar-refractivity contribution in [3.8, 4) is 11.5 Å². The lowest BCUT2D eigenvalue weighted by Crippen LogP contribution is -2.50. The Hall–Kier alpha value is -3.69. The number of benzene rings is 2. The van der Waals surface area contributed by atoms with Crippen molar-refractivity contribution >= 4 is 5.91 Å². The number of hydrogen-bond acceptors (Lipinski definition) is 4. The molecule has 1 amide bonds. The summed E-state index contributed by atoms with van der Waals surface area (Å²) in [6.07, 6.45) is -3.03. The molecule has 2 aromatic carbocycles. The van der Waals surface area contributed by atoms with E-state index in [0.29, 0.717) is 17.9 Å². The predicted octanol–water partition coefficient (Wildman–Crippen LogP) is 4.54. The number of nitrogens with zero attached hydrogens (tertiary/aromatic N) is 1. The molecule has 1 aliphatic heterocycles. The highest BCUT2D eigenvalue weighted by Gasteiger charge is 2.43. The highest BCUT2D eigenvalue weighted by molar-refractivity contribution is 5.95. The lowest BCUT2D eigenvalue weighted by molar-refractivity contribution is -0.137. The number of halogens is 5. The van der Waals surface area contributed by atoms with E-state index < -0.39 is 46.1 Å². The van der Waals surface area contributed by atoms with Gasteiger partial charge in [-0.25, -0.2) is 8.78 Å². The van der Waals surface area contributed by atoms with Gasteiger partial charge in [-0.2, -0.15) is 13.2 Å². The Morgan fingerprint density at radius 3 is 2.38 bits per heavy atom. The number of fused-ring (bicyclic) bond motifs is 1. The number of alkyl halides is 3. The van der Waals surface area contributed by atoms with Gasteiger partial charge in [-0.3, -0.25) is 9.78 Å². The van der Waals surface area contributed by atoms with Crippen molar-refractivity contribution in [1.29, 1.82) is 0 Å². The number of phenols is 1. The van der Waals surface area contributed by atoms with Crippen molar-refractivity contribution in [3.05, 3.63) is 88.7 Å². The quantitative estimate of drug-likeness (QED) is 0.575. The Morgan fingerprint density at radius 1 is 1.09 bits per heavy atom. The SMILES string of the molecule is O=C(N[C@]1(c2ccc(C(F)(F)F)cc2)CCOc2cccnc21)c1cc(F)c(O)c(F)c1. The molecule has 2 heterocycles. The predicted molar refractivity (Wildman–Crippen MR) is 102 cm³/mol. The summed E-state index contributed by atoms with van der Waals surface area (Å²) in [4.78, 5) is 17.2. The number of aromatic hydroxyl groups is 1. The fraction of sp³-hybridized carbons (Fsp3) is 0.182. The summed E-state index contributed by atoms with van der Waals surface area (Å²) in [5, 5.41) is 12.0. The van der Waals surface area contributed by atoms with Gasteiger partial charge in [-0.15, -0.1) is 0 Å². The summed E-state index contributed by atoms with van der Waals surface area (Å²) in [5.74, 6) is -4.49. The van der Waals surface area contributed by atoms with E-state index in [9.17, 15) is 31.9 Å². The summed E-state index contributed by atoms with van der Waals surface area (Å²) < 4.78 is 72.3. The number of ether oxygens (including phenoxy) is 1. The van der Waals surface area contributed by atoms with Crippen molar-refractivity contribution in [2.45, 2.75) is 18.1 Å². The number of rotatable bonds is 3. The summed E-state index contributed by atoms with van der Waals surface area (Å²) in [6.45, 7) is 0.0955. The lowest BCUT2D eigenvalue weighted by atomic mass is 9.80. The van der Waals surface area contributed by atoms with Crippen LogP contribution in [0.5, 0.6) is 11.5 Å². The summed E-state index contributed by atoms with van der Waals surface area (Å²) in [7, 11) is 0. The number of carbonyl (C=O) groups excluding carboxylic acids is 1. The largest absolute Gasteiger partial charge is 0.503 e. The molecule has 0 radical (unpaired) electrons. The molecule has 166 valence electrons. The molecule has 0 saturated carbocycles. The van der Waals surface area contributed by atoms with Crippen molar-refractivity contribution in [3.63, 3.8) is 0 Å². The van der Waals surface area contributed by atoms with E-state index in [1.54, 1.807) is 12.1 Å². The molecule has 0 fully saturated rings. The van der Waals surface area contributed by atoms with Crippen molar-refractivity contribution in [1.82, 2.24) is 10.3 Å². The Morgan fingerprint density at radius 2 is 1.75 bits per heavy atom. The van der Waals surface area contributed by atoms with E-state index in [2.05, 4.69) is 10.3 Å². The summed E-state index contributed by atoms with van der Waals surface area (Å²) in [5.41, 5.74) is -2.21. The number of carbonyl (C=O) groups is 1. The normalized spacial score (nSPS) is 17.9. The molecule has 4 rings (SSSR count). The Balaban J connectivity index is 1.82. The van der Waals surface area contributed by atoms with Crippen LogP contribution in [0.25, 0.3) is 0 Å². The first-order valence-electron chi connectivity index (χ1n) is 9.38. The van der Waals surface area contributed by atoms with E-state index in [0.717, 1.165) is 12.1 Å².